The fourth-order valence-electron chi connectivity index (χ4n) is 1.95. The third kappa shape index (κ3) is 10.8. The number of aryl methyl sites for hydroxylation is 2. The summed E-state index contributed by atoms with van der Waals surface area (Å²) in [6.07, 6.45) is 10.0. The van der Waals surface area contributed by atoms with Gasteiger partial charge >= 0.3 is 30.2 Å². The molecular formula is C18H23BrCl2SiZr-4. The van der Waals surface area contributed by atoms with Crippen molar-refractivity contribution in [2.24, 2.45) is 0 Å². The summed E-state index contributed by atoms with van der Waals surface area (Å²) in [6.45, 7) is 7.34. The van der Waals surface area contributed by atoms with Crippen molar-refractivity contribution in [2.45, 2.75) is 20.3 Å². The van der Waals surface area contributed by atoms with E-state index >= 15 is 0 Å². The van der Waals surface area contributed by atoms with E-state index in [0.29, 0.717) is 0 Å². The monoisotopic (exact) mass is 506 g/mol. The topological polar surface area (TPSA) is 0 Å². The number of benzene rings is 1. The van der Waals surface area contributed by atoms with Crippen LogP contribution in [0.5, 0.6) is 0 Å². The summed E-state index contributed by atoms with van der Waals surface area (Å²) in [4.78, 5) is 0. The van der Waals surface area contributed by atoms with E-state index in [2.05, 4.69) is 73.1 Å². The van der Waals surface area contributed by atoms with Gasteiger partial charge in [0, 0.05) is 0 Å². The van der Waals surface area contributed by atoms with E-state index < -0.39 is 0 Å². The van der Waals surface area contributed by atoms with Gasteiger partial charge in [-0.15, -0.1) is 59.7 Å². The van der Waals surface area contributed by atoms with Gasteiger partial charge in [0.2, 0.25) is 0 Å². The number of fused-ring (bicyclic) bond motifs is 1. The molecule has 0 nitrogen and oxygen atoms in total. The Morgan fingerprint density at radius 1 is 1.13 bits per heavy atom. The van der Waals surface area contributed by atoms with Gasteiger partial charge in [0.05, 0.1) is 0 Å². The Hall–Kier alpha value is 0.470. The molecule has 0 saturated carbocycles. The van der Waals surface area contributed by atoms with Crippen LogP contribution in [0.15, 0.2) is 47.0 Å². The Kier molecular flexibility index (Phi) is 23.5. The molecule has 0 saturated heterocycles. The zero-order valence-electron chi connectivity index (χ0n) is 13.9. The van der Waals surface area contributed by atoms with Crippen LogP contribution in [0.25, 0.3) is 10.8 Å². The van der Waals surface area contributed by atoms with Gasteiger partial charge in [-0.2, -0.15) is 12.1 Å². The molecule has 0 spiro atoms. The third-order valence-electron chi connectivity index (χ3n) is 2.72. The maximum absolute atomic E-state index is 3.49. The SMILES string of the molecule is Cc1cc2c(C)cc(Br)cc2[cH-]1.Cl.Cl.[C-]1=CC=CC1.[CH3-].[CH3-].[Si]=[Zr]. The van der Waals surface area contributed by atoms with Crippen LogP contribution in [0.2, 0.25) is 0 Å². The van der Waals surface area contributed by atoms with E-state index in [1.54, 1.807) is 0 Å². The summed E-state index contributed by atoms with van der Waals surface area (Å²) in [5, 5.41) is 2.70. The number of hydrogen-bond donors (Lipinski definition) is 0. The van der Waals surface area contributed by atoms with Crippen molar-refractivity contribution in [3.63, 3.8) is 0 Å². The van der Waals surface area contributed by atoms with E-state index in [9.17, 15) is 0 Å². The molecule has 0 atom stereocenters. The van der Waals surface area contributed by atoms with Crippen LogP contribution < -0.4 is 0 Å². The van der Waals surface area contributed by atoms with Gasteiger partial charge in [0.15, 0.2) is 0 Å². The summed E-state index contributed by atoms with van der Waals surface area (Å²) >= 11 is 4.85. The quantitative estimate of drug-likeness (QED) is 0.277. The molecule has 0 fully saturated rings. The summed E-state index contributed by atoms with van der Waals surface area (Å²) in [6, 6.07) is 8.77. The fourth-order valence-corrected chi connectivity index (χ4v) is 2.54. The number of rotatable bonds is 0. The molecule has 0 amide bonds. The summed E-state index contributed by atoms with van der Waals surface area (Å²) < 4.78 is 1.16. The first kappa shape index (κ1) is 31.3. The maximum atomic E-state index is 3.49. The molecule has 0 unspecified atom stereocenters. The van der Waals surface area contributed by atoms with Crippen LogP contribution in [0.3, 0.4) is 0 Å². The van der Waals surface area contributed by atoms with Gasteiger partial charge in [-0.1, -0.05) is 34.5 Å². The molecule has 0 aliphatic heterocycles. The van der Waals surface area contributed by atoms with Gasteiger partial charge in [0.1, 0.15) is 0 Å². The minimum absolute atomic E-state index is 0. The van der Waals surface area contributed by atoms with E-state index in [1.165, 1.54) is 45.2 Å². The van der Waals surface area contributed by atoms with Crippen LogP contribution in [0.1, 0.15) is 17.5 Å². The average Bonchev–Trinajstić information content (AvgIpc) is 3.03. The van der Waals surface area contributed by atoms with Crippen molar-refractivity contribution in [2.75, 3.05) is 0 Å². The van der Waals surface area contributed by atoms with Gasteiger partial charge < -0.3 is 14.9 Å². The Morgan fingerprint density at radius 2 is 1.74 bits per heavy atom. The van der Waals surface area contributed by atoms with Crippen molar-refractivity contribution in [1.82, 2.24) is 0 Å². The van der Waals surface area contributed by atoms with E-state index in [-0.39, 0.29) is 39.7 Å². The molecule has 3 rings (SSSR count). The molecule has 1 aliphatic carbocycles. The second-order valence-corrected chi connectivity index (χ2v) is 5.18. The van der Waals surface area contributed by atoms with Gasteiger partial charge in [-0.05, 0) is 11.4 Å². The first-order valence-electron chi connectivity index (χ1n) is 5.97. The van der Waals surface area contributed by atoms with Crippen molar-refractivity contribution in [1.29, 1.82) is 0 Å². The third-order valence-corrected chi connectivity index (χ3v) is 3.18. The summed E-state index contributed by atoms with van der Waals surface area (Å²) in [5.41, 5.74) is 2.68. The molecular weight excluding hydrogens is 486 g/mol. The molecule has 0 heterocycles. The zero-order valence-corrected chi connectivity index (χ0v) is 20.6. The van der Waals surface area contributed by atoms with Crippen LogP contribution in [0.4, 0.5) is 0 Å². The molecule has 2 aromatic carbocycles. The number of halogens is 3. The van der Waals surface area contributed by atoms with Crippen LogP contribution >= 0.6 is 40.7 Å². The molecule has 5 heteroatoms. The predicted molar refractivity (Wildman–Crippen MR) is 111 cm³/mol. The van der Waals surface area contributed by atoms with E-state index in [4.69, 9.17) is 0 Å². The van der Waals surface area contributed by atoms with Crippen molar-refractivity contribution in [3.8, 4) is 0 Å². The van der Waals surface area contributed by atoms with E-state index in [1.807, 2.05) is 12.2 Å². The van der Waals surface area contributed by atoms with Gasteiger partial charge in [-0.25, -0.2) is 12.2 Å². The minimum atomic E-state index is 0. The normalized spacial score (nSPS) is 9.65. The van der Waals surface area contributed by atoms with Crippen molar-refractivity contribution in [3.05, 3.63) is 79.0 Å². The summed E-state index contributed by atoms with van der Waals surface area (Å²) in [7, 11) is 0. The predicted octanol–water partition coefficient (Wildman–Crippen LogP) is 6.60. The standard InChI is InChI=1S/C11H10Br.C5H5.2CH3.2ClH.Si.Zr/c1-7-3-9-6-10(12)5-8(2)11(9)4-7;1-2-4-5-3-1;;;;;;/h3-6H,1-2H3;1-3H,4H2;2*1H3;2*1H;;/q4*-1;;;;. The van der Waals surface area contributed by atoms with E-state index in [0.717, 1.165) is 10.9 Å². The van der Waals surface area contributed by atoms with Crippen molar-refractivity contribution >= 4 is 58.4 Å². The van der Waals surface area contributed by atoms with Crippen LogP contribution in [0, 0.1) is 34.8 Å². The van der Waals surface area contributed by atoms with Gasteiger partial charge in [0.25, 0.3) is 0 Å². The number of hydrogen-bond acceptors (Lipinski definition) is 0. The fraction of sp³-hybridized carbons (Fsp3) is 0.167. The Labute approximate surface area is 179 Å². The summed E-state index contributed by atoms with van der Waals surface area (Å²) in [5.74, 6) is 0. The second kappa shape index (κ2) is 17.3. The molecule has 0 aromatic heterocycles. The zero-order chi connectivity index (χ0) is 14.3. The second-order valence-electron chi connectivity index (χ2n) is 4.26. The molecule has 0 bridgehead atoms. The van der Waals surface area contributed by atoms with Crippen LogP contribution in [-0.2, 0) is 23.3 Å². The molecule has 0 N–H and O–H groups in total. The Morgan fingerprint density at radius 3 is 2.17 bits per heavy atom. The molecule has 1 aliphatic rings. The molecule has 2 aromatic rings. The van der Waals surface area contributed by atoms with Crippen LogP contribution in [-0.4, -0.2) is 6.88 Å². The Balaban J connectivity index is -0.000000143. The average molecular weight is 510 g/mol. The van der Waals surface area contributed by atoms with Gasteiger partial charge in [-0.3, -0.25) is 6.08 Å². The molecule has 128 valence electrons. The Bertz CT molecular complexity index is 596. The first-order chi connectivity index (χ1) is 9.16. The van der Waals surface area contributed by atoms with Crippen molar-refractivity contribution < 1.29 is 23.3 Å². The first-order valence-corrected chi connectivity index (χ1v) is 10.9. The molecule has 23 heavy (non-hydrogen) atoms. The number of allylic oxidation sites excluding steroid dienone is 4. The molecule has 2 radical (unpaired) electrons.